The smallest absolute Gasteiger partial charge is 0.0561 e. The first-order valence-electron chi connectivity index (χ1n) is 11.7. The molecule has 5 heteroatoms. The summed E-state index contributed by atoms with van der Waals surface area (Å²) in [6.45, 7) is 42.0. The third-order valence-electron chi connectivity index (χ3n) is 4.00. The molecule has 0 saturated carbocycles. The molecule has 176 valence electrons. The topological polar surface area (TPSA) is 0 Å². The first-order chi connectivity index (χ1) is 12.4. The predicted molar refractivity (Wildman–Crippen MR) is 155 cm³/mol. The molecule has 0 rings (SSSR count). The van der Waals surface area contributed by atoms with E-state index in [4.69, 9.17) is 0 Å². The van der Waals surface area contributed by atoms with Gasteiger partial charge in [0.1, 0.15) is 0 Å². The molecule has 0 heterocycles. The Hall–Kier alpha value is 1.67. The summed E-state index contributed by atoms with van der Waals surface area (Å²) in [6, 6.07) is 0. The van der Waals surface area contributed by atoms with Crippen molar-refractivity contribution in [3.63, 3.8) is 0 Å². The van der Waals surface area contributed by atoms with E-state index in [9.17, 15) is 0 Å². The third-order valence-corrected chi connectivity index (χ3v) is 12.0. The van der Waals surface area contributed by atoms with Gasteiger partial charge in [0.25, 0.3) is 0 Å². The van der Waals surface area contributed by atoms with Crippen LogP contribution in [0.1, 0.15) is 83.1 Å². The largest absolute Gasteiger partial charge is 0.0715 e. The third kappa shape index (κ3) is 34.5. The van der Waals surface area contributed by atoms with Crippen molar-refractivity contribution in [2.24, 2.45) is 0 Å². The zero-order valence-corrected chi connectivity index (χ0v) is 30.8. The molecule has 0 bridgehead atoms. The standard InChI is InChI=1S/2C9H21Si.2C3H9Si.Sn/c2*1-7(2)10(8(3)4)9(5)6;2*1-4(2)3;/h2*7-9H,1-6H3;2*1-3H3;. The zero-order chi connectivity index (χ0) is 23.8. The van der Waals surface area contributed by atoms with E-state index in [2.05, 4.69) is 122 Å². The molecule has 0 N–H and O–H groups in total. The molecule has 0 nitrogen and oxygen atoms in total. The number of rotatable bonds is 6. The van der Waals surface area contributed by atoms with Gasteiger partial charge in [-0.25, -0.2) is 0 Å². The van der Waals surface area contributed by atoms with E-state index in [1.807, 2.05) is 0 Å². The minimum atomic E-state index is -0.0957. The van der Waals surface area contributed by atoms with Crippen LogP contribution in [-0.4, -0.2) is 59.1 Å². The SMILES string of the molecule is CC(C)[Si](C(C)C)C(C)C.CC(C)[Si](C(C)C)C(C)C.C[Si](C)C.C[Si](C)C.[Sn]. The Labute approximate surface area is 213 Å². The first kappa shape index (κ1) is 41.0. The molecule has 8 radical (unpaired) electrons. The van der Waals surface area contributed by atoms with Gasteiger partial charge in [-0.2, -0.15) is 0 Å². The van der Waals surface area contributed by atoms with Gasteiger partial charge in [0, 0.05) is 41.5 Å². The summed E-state index contributed by atoms with van der Waals surface area (Å²) in [6.07, 6.45) is 0. The molecule has 29 heavy (non-hydrogen) atoms. The maximum atomic E-state index is 2.37. The quantitative estimate of drug-likeness (QED) is 0.275. The van der Waals surface area contributed by atoms with Gasteiger partial charge in [0.05, 0.1) is 17.6 Å². The first-order valence-corrected chi connectivity index (χ1v) is 21.1. The Morgan fingerprint density at radius 3 is 0.379 bits per heavy atom. The zero-order valence-electron chi connectivity index (χ0n) is 24.0. The average molecular weight is 580 g/mol. The second kappa shape index (κ2) is 24.3. The van der Waals surface area contributed by atoms with Crippen LogP contribution in [0.2, 0.25) is 72.5 Å². The van der Waals surface area contributed by atoms with Gasteiger partial charge in [-0.3, -0.25) is 0 Å². The fourth-order valence-electron chi connectivity index (χ4n) is 4.00. The van der Waals surface area contributed by atoms with Crippen LogP contribution < -0.4 is 0 Å². The van der Waals surface area contributed by atoms with Gasteiger partial charge in [0.15, 0.2) is 0 Å². The van der Waals surface area contributed by atoms with Crippen molar-refractivity contribution in [3.8, 4) is 0 Å². The van der Waals surface area contributed by atoms with Crippen molar-refractivity contribution in [2.75, 3.05) is 0 Å². The molecule has 0 aromatic rings. The van der Waals surface area contributed by atoms with Crippen molar-refractivity contribution in [2.45, 2.75) is 156 Å². The number of hydrogen-bond acceptors (Lipinski definition) is 0. The summed E-state index contributed by atoms with van der Waals surface area (Å²) in [5.41, 5.74) is 5.61. The van der Waals surface area contributed by atoms with Gasteiger partial charge in [-0.05, 0) is 0 Å². The van der Waals surface area contributed by atoms with Crippen LogP contribution in [0.15, 0.2) is 0 Å². The summed E-state index contributed by atoms with van der Waals surface area (Å²) in [7, 11) is 0.0494. The van der Waals surface area contributed by atoms with Crippen LogP contribution in [0.5, 0.6) is 0 Å². The summed E-state index contributed by atoms with van der Waals surface area (Å²) in [5.74, 6) is 0. The Bertz CT molecular complexity index is 228. The molecule has 0 aliphatic rings. The van der Waals surface area contributed by atoms with Crippen molar-refractivity contribution >= 4 is 59.1 Å². The molecule has 0 aliphatic carbocycles. The van der Waals surface area contributed by atoms with Crippen LogP contribution in [0.3, 0.4) is 0 Å². The van der Waals surface area contributed by atoms with Crippen LogP contribution in [0.25, 0.3) is 0 Å². The van der Waals surface area contributed by atoms with Gasteiger partial charge in [0.2, 0.25) is 0 Å². The van der Waals surface area contributed by atoms with Crippen LogP contribution in [-0.2, 0) is 0 Å². The van der Waals surface area contributed by atoms with E-state index < -0.39 is 0 Å². The van der Waals surface area contributed by atoms with Gasteiger partial charge in [-0.15, -0.1) is 0 Å². The second-order valence-electron chi connectivity index (χ2n) is 10.9. The van der Waals surface area contributed by atoms with E-state index in [0.717, 1.165) is 33.2 Å². The predicted octanol–water partition coefficient (Wildman–Crippen LogP) is 9.78. The molecule has 0 atom stereocenters. The maximum Gasteiger partial charge on any atom is 0.0561 e. The molecule has 0 spiro atoms. The average Bonchev–Trinajstić information content (AvgIpc) is 2.33. The van der Waals surface area contributed by atoms with E-state index in [0.29, 0.717) is 0 Å². The molecule has 0 unspecified atom stereocenters. The van der Waals surface area contributed by atoms with Crippen molar-refractivity contribution in [3.05, 3.63) is 0 Å². The summed E-state index contributed by atoms with van der Waals surface area (Å²) < 4.78 is 0. The van der Waals surface area contributed by atoms with Crippen LogP contribution in [0.4, 0.5) is 0 Å². The normalized spacial score (nSPS) is 11.2. The van der Waals surface area contributed by atoms with Crippen molar-refractivity contribution < 1.29 is 0 Å². The summed E-state index contributed by atoms with van der Waals surface area (Å²) in [4.78, 5) is 0. The van der Waals surface area contributed by atoms with Crippen LogP contribution >= 0.6 is 0 Å². The Morgan fingerprint density at radius 2 is 0.379 bits per heavy atom. The molecule has 0 fully saturated rings. The summed E-state index contributed by atoms with van der Waals surface area (Å²) >= 11 is 0. The van der Waals surface area contributed by atoms with E-state index in [-0.39, 0.29) is 59.1 Å². The Morgan fingerprint density at radius 1 is 0.310 bits per heavy atom. The van der Waals surface area contributed by atoms with Crippen LogP contribution in [0, 0.1) is 0 Å². The maximum absolute atomic E-state index is 2.37. The monoisotopic (exact) mass is 580 g/mol. The minimum Gasteiger partial charge on any atom is -0.0715 e. The number of hydrogen-bond donors (Lipinski definition) is 0. The van der Waals surface area contributed by atoms with Crippen molar-refractivity contribution in [1.82, 2.24) is 0 Å². The molecule has 0 aliphatic heterocycles. The van der Waals surface area contributed by atoms with E-state index in [1.54, 1.807) is 0 Å². The molecular formula is C24H60Si4Sn. The second-order valence-corrected chi connectivity index (χ2v) is 25.9. The van der Waals surface area contributed by atoms with Crippen molar-refractivity contribution in [1.29, 1.82) is 0 Å². The fraction of sp³-hybridized carbons (Fsp3) is 1.00. The Balaban J connectivity index is -0.0000000950. The molecule has 0 amide bonds. The van der Waals surface area contributed by atoms with E-state index in [1.165, 1.54) is 0 Å². The molecule has 0 saturated heterocycles. The van der Waals surface area contributed by atoms with E-state index >= 15 is 0 Å². The Kier molecular flexibility index (Phi) is 34.3. The minimum absolute atomic E-state index is 0. The molecular weight excluding hydrogens is 519 g/mol. The summed E-state index contributed by atoms with van der Waals surface area (Å²) in [5, 5.41) is 0. The van der Waals surface area contributed by atoms with Gasteiger partial charge >= 0.3 is 0 Å². The van der Waals surface area contributed by atoms with Gasteiger partial charge < -0.3 is 0 Å². The fourth-order valence-corrected chi connectivity index (χ4v) is 12.0. The van der Waals surface area contributed by atoms with Gasteiger partial charge in [-0.1, -0.05) is 156 Å². The molecule has 0 aromatic heterocycles. The molecule has 0 aromatic carbocycles.